The fraction of sp³-hybridized carbons (Fsp3) is 0.889. The SMILES string of the molecule is CCCCNNC(=O)OCCCC. The van der Waals surface area contributed by atoms with E-state index in [0.717, 1.165) is 32.2 Å². The monoisotopic (exact) mass is 188 g/mol. The van der Waals surface area contributed by atoms with Gasteiger partial charge >= 0.3 is 6.09 Å². The molecular formula is C9H20N2O2. The average Bonchev–Trinajstić information content (AvgIpc) is 2.13. The van der Waals surface area contributed by atoms with Gasteiger partial charge in [0, 0.05) is 6.54 Å². The zero-order valence-corrected chi connectivity index (χ0v) is 8.56. The van der Waals surface area contributed by atoms with E-state index in [9.17, 15) is 4.79 Å². The third-order valence-electron chi connectivity index (χ3n) is 1.58. The van der Waals surface area contributed by atoms with Crippen LogP contribution < -0.4 is 10.9 Å². The lowest BCUT2D eigenvalue weighted by Crippen LogP contribution is -2.38. The van der Waals surface area contributed by atoms with Crippen LogP contribution in [-0.4, -0.2) is 19.2 Å². The molecular weight excluding hydrogens is 168 g/mol. The standard InChI is InChI=1S/C9H20N2O2/c1-3-5-7-10-11-9(12)13-8-6-4-2/h10H,3-8H2,1-2H3,(H,11,12). The average molecular weight is 188 g/mol. The molecule has 0 unspecified atom stereocenters. The molecule has 0 aromatic rings. The predicted molar refractivity (Wildman–Crippen MR) is 52.3 cm³/mol. The fourth-order valence-corrected chi connectivity index (χ4v) is 0.745. The summed E-state index contributed by atoms with van der Waals surface area (Å²) in [5.74, 6) is 0. The molecule has 4 heteroatoms. The van der Waals surface area contributed by atoms with E-state index in [0.29, 0.717) is 6.61 Å². The summed E-state index contributed by atoms with van der Waals surface area (Å²) in [4.78, 5) is 10.9. The Balaban J connectivity index is 3.11. The molecule has 0 rings (SSSR count). The van der Waals surface area contributed by atoms with Gasteiger partial charge in [-0.25, -0.2) is 10.2 Å². The summed E-state index contributed by atoms with van der Waals surface area (Å²) in [6.45, 7) is 5.44. The Morgan fingerprint density at radius 2 is 1.92 bits per heavy atom. The highest BCUT2D eigenvalue weighted by Crippen LogP contribution is 1.87. The molecule has 0 atom stereocenters. The van der Waals surface area contributed by atoms with Crippen LogP contribution in [0, 0.1) is 0 Å². The van der Waals surface area contributed by atoms with Gasteiger partial charge < -0.3 is 4.74 Å². The first-order valence-corrected chi connectivity index (χ1v) is 4.96. The second kappa shape index (κ2) is 9.32. The third-order valence-corrected chi connectivity index (χ3v) is 1.58. The van der Waals surface area contributed by atoms with Crippen molar-refractivity contribution < 1.29 is 9.53 Å². The largest absolute Gasteiger partial charge is 0.449 e. The van der Waals surface area contributed by atoms with Crippen LogP contribution in [0.4, 0.5) is 4.79 Å². The van der Waals surface area contributed by atoms with Gasteiger partial charge in [0.05, 0.1) is 6.61 Å². The van der Waals surface area contributed by atoms with Gasteiger partial charge in [0.2, 0.25) is 0 Å². The number of hydrogen-bond acceptors (Lipinski definition) is 3. The van der Waals surface area contributed by atoms with Crippen molar-refractivity contribution in [1.82, 2.24) is 10.9 Å². The Morgan fingerprint density at radius 1 is 1.23 bits per heavy atom. The van der Waals surface area contributed by atoms with Gasteiger partial charge in [0.1, 0.15) is 0 Å². The molecule has 0 fully saturated rings. The van der Waals surface area contributed by atoms with Crippen LogP contribution in [0.5, 0.6) is 0 Å². The molecule has 0 saturated carbocycles. The molecule has 0 bridgehead atoms. The van der Waals surface area contributed by atoms with E-state index >= 15 is 0 Å². The molecule has 0 aliphatic carbocycles. The zero-order valence-electron chi connectivity index (χ0n) is 8.56. The summed E-state index contributed by atoms with van der Waals surface area (Å²) in [5.41, 5.74) is 5.25. The molecule has 13 heavy (non-hydrogen) atoms. The van der Waals surface area contributed by atoms with E-state index in [1.807, 2.05) is 0 Å². The number of carbonyl (C=O) groups excluding carboxylic acids is 1. The van der Waals surface area contributed by atoms with Crippen molar-refractivity contribution in [1.29, 1.82) is 0 Å². The molecule has 1 amide bonds. The summed E-state index contributed by atoms with van der Waals surface area (Å²) in [6.07, 6.45) is 3.73. The first-order chi connectivity index (χ1) is 6.31. The number of nitrogens with one attached hydrogen (secondary N) is 2. The van der Waals surface area contributed by atoms with Gasteiger partial charge in [0.15, 0.2) is 0 Å². The van der Waals surface area contributed by atoms with E-state index < -0.39 is 0 Å². The van der Waals surface area contributed by atoms with Crippen molar-refractivity contribution in [2.75, 3.05) is 13.2 Å². The molecule has 2 N–H and O–H groups in total. The van der Waals surface area contributed by atoms with E-state index in [-0.39, 0.29) is 6.09 Å². The number of hydrogen-bond donors (Lipinski definition) is 2. The predicted octanol–water partition coefficient (Wildman–Crippen LogP) is 1.82. The van der Waals surface area contributed by atoms with Crippen LogP contribution in [0.2, 0.25) is 0 Å². The Kier molecular flexibility index (Phi) is 8.77. The van der Waals surface area contributed by atoms with Crippen LogP contribution >= 0.6 is 0 Å². The lowest BCUT2D eigenvalue weighted by molar-refractivity contribution is 0.139. The van der Waals surface area contributed by atoms with E-state index in [1.54, 1.807) is 0 Å². The first kappa shape index (κ1) is 12.2. The minimum Gasteiger partial charge on any atom is -0.449 e. The summed E-state index contributed by atoms with van der Waals surface area (Å²) < 4.78 is 4.85. The molecule has 78 valence electrons. The van der Waals surface area contributed by atoms with E-state index in [1.165, 1.54) is 0 Å². The van der Waals surface area contributed by atoms with Gasteiger partial charge in [-0.05, 0) is 12.8 Å². The Labute approximate surface area is 80.0 Å². The lowest BCUT2D eigenvalue weighted by atomic mass is 10.3. The van der Waals surface area contributed by atoms with Gasteiger partial charge in [-0.3, -0.25) is 5.43 Å². The first-order valence-electron chi connectivity index (χ1n) is 4.96. The number of hydrazine groups is 1. The topological polar surface area (TPSA) is 50.4 Å². The van der Waals surface area contributed by atoms with Crippen molar-refractivity contribution >= 4 is 6.09 Å². The summed E-state index contributed by atoms with van der Waals surface area (Å²) >= 11 is 0. The van der Waals surface area contributed by atoms with Crippen molar-refractivity contribution in [3.63, 3.8) is 0 Å². The van der Waals surface area contributed by atoms with Crippen molar-refractivity contribution in [2.24, 2.45) is 0 Å². The number of rotatable bonds is 7. The molecule has 0 radical (unpaired) electrons. The molecule has 0 aromatic carbocycles. The number of ether oxygens (including phenoxy) is 1. The van der Waals surface area contributed by atoms with Gasteiger partial charge in [-0.1, -0.05) is 26.7 Å². The highest BCUT2D eigenvalue weighted by atomic mass is 16.6. The normalized spacial score (nSPS) is 9.69. The van der Waals surface area contributed by atoms with E-state index in [4.69, 9.17) is 4.74 Å². The Morgan fingerprint density at radius 3 is 2.54 bits per heavy atom. The minimum atomic E-state index is -0.385. The zero-order chi connectivity index (χ0) is 9.94. The number of carbonyl (C=O) groups is 1. The second-order valence-electron chi connectivity index (χ2n) is 2.89. The molecule has 0 aliphatic rings. The summed E-state index contributed by atoms with van der Waals surface area (Å²) in [6, 6.07) is 0. The quantitative estimate of drug-likeness (QED) is 0.473. The van der Waals surface area contributed by atoms with Crippen LogP contribution in [-0.2, 0) is 4.74 Å². The van der Waals surface area contributed by atoms with Crippen LogP contribution in [0.3, 0.4) is 0 Å². The maximum absolute atomic E-state index is 10.9. The van der Waals surface area contributed by atoms with Crippen LogP contribution in [0.1, 0.15) is 39.5 Å². The van der Waals surface area contributed by atoms with Gasteiger partial charge in [0.25, 0.3) is 0 Å². The Bertz CT molecular complexity index is 129. The molecule has 0 aliphatic heterocycles. The maximum Gasteiger partial charge on any atom is 0.421 e. The molecule has 0 saturated heterocycles. The maximum atomic E-state index is 10.9. The van der Waals surface area contributed by atoms with Crippen molar-refractivity contribution in [2.45, 2.75) is 39.5 Å². The highest BCUT2D eigenvalue weighted by Gasteiger charge is 1.98. The van der Waals surface area contributed by atoms with Gasteiger partial charge in [-0.15, -0.1) is 0 Å². The number of amides is 1. The molecule has 0 aromatic heterocycles. The lowest BCUT2D eigenvalue weighted by Gasteiger charge is -2.06. The minimum absolute atomic E-state index is 0.385. The molecule has 0 heterocycles. The van der Waals surface area contributed by atoms with Crippen LogP contribution in [0.25, 0.3) is 0 Å². The van der Waals surface area contributed by atoms with E-state index in [2.05, 4.69) is 24.7 Å². The fourth-order valence-electron chi connectivity index (χ4n) is 0.745. The smallest absolute Gasteiger partial charge is 0.421 e. The summed E-state index contributed by atoms with van der Waals surface area (Å²) in [7, 11) is 0. The number of unbranched alkanes of at least 4 members (excludes halogenated alkanes) is 2. The summed E-state index contributed by atoms with van der Waals surface area (Å²) in [5, 5.41) is 0. The van der Waals surface area contributed by atoms with Crippen molar-refractivity contribution in [3.8, 4) is 0 Å². The molecule has 4 nitrogen and oxygen atoms in total. The van der Waals surface area contributed by atoms with Crippen molar-refractivity contribution in [3.05, 3.63) is 0 Å². The second-order valence-corrected chi connectivity index (χ2v) is 2.89. The highest BCUT2D eigenvalue weighted by molar-refractivity contribution is 5.66. The Hall–Kier alpha value is -0.770. The van der Waals surface area contributed by atoms with Gasteiger partial charge in [-0.2, -0.15) is 0 Å². The molecule has 0 spiro atoms. The third kappa shape index (κ3) is 9.14. The van der Waals surface area contributed by atoms with Crippen LogP contribution in [0.15, 0.2) is 0 Å².